The molecular formula is C18H14ClFN4O3. The van der Waals surface area contributed by atoms with Crippen molar-refractivity contribution in [1.29, 1.82) is 0 Å². The van der Waals surface area contributed by atoms with Crippen molar-refractivity contribution in [3.05, 3.63) is 86.3 Å². The van der Waals surface area contributed by atoms with Crippen LogP contribution in [0.1, 0.15) is 21.5 Å². The minimum Gasteiger partial charge on any atom is -0.305 e. The van der Waals surface area contributed by atoms with Gasteiger partial charge in [-0.05, 0) is 25.1 Å². The summed E-state index contributed by atoms with van der Waals surface area (Å²) in [5.74, 6) is -0.737. The van der Waals surface area contributed by atoms with Crippen LogP contribution < -0.4 is 5.32 Å². The number of carbonyl (C=O) groups excluding carboxylic acids is 1. The number of aromatic nitrogens is 2. The van der Waals surface area contributed by atoms with Gasteiger partial charge in [0, 0.05) is 40.0 Å². The standard InChI is InChI=1S/C18H14ClFN4O3/c1-11-12(4-2-7-16(11)24(26)27)18(25)21-17-8-9-23(22-17)10-13-14(19)5-3-6-15(13)20/h2-9H,10H2,1H3,(H,21,22,25). The zero-order valence-corrected chi connectivity index (χ0v) is 14.9. The van der Waals surface area contributed by atoms with Crippen LogP contribution in [0.15, 0.2) is 48.7 Å². The van der Waals surface area contributed by atoms with E-state index in [-0.39, 0.29) is 39.8 Å². The summed E-state index contributed by atoms with van der Waals surface area (Å²) in [5.41, 5.74) is 0.588. The number of hydrogen-bond donors (Lipinski definition) is 1. The first-order valence-corrected chi connectivity index (χ1v) is 8.26. The molecule has 7 nitrogen and oxygen atoms in total. The van der Waals surface area contributed by atoms with E-state index in [4.69, 9.17) is 11.6 Å². The van der Waals surface area contributed by atoms with E-state index in [1.54, 1.807) is 18.3 Å². The average molecular weight is 389 g/mol. The molecule has 3 aromatic rings. The Morgan fingerprint density at radius 1 is 1.30 bits per heavy atom. The number of benzene rings is 2. The number of hydrogen-bond acceptors (Lipinski definition) is 4. The molecule has 1 N–H and O–H groups in total. The molecule has 2 aromatic carbocycles. The Kier molecular flexibility index (Phi) is 5.18. The first-order valence-electron chi connectivity index (χ1n) is 7.88. The molecule has 0 aliphatic carbocycles. The maximum atomic E-state index is 13.9. The van der Waals surface area contributed by atoms with E-state index in [1.807, 2.05) is 0 Å². The van der Waals surface area contributed by atoms with Gasteiger partial charge in [-0.2, -0.15) is 5.10 Å². The second kappa shape index (κ2) is 7.55. The summed E-state index contributed by atoms with van der Waals surface area (Å²) in [4.78, 5) is 22.9. The Morgan fingerprint density at radius 2 is 2.04 bits per heavy atom. The van der Waals surface area contributed by atoms with E-state index in [2.05, 4.69) is 10.4 Å². The van der Waals surface area contributed by atoms with E-state index in [0.29, 0.717) is 0 Å². The van der Waals surface area contributed by atoms with E-state index in [9.17, 15) is 19.3 Å². The van der Waals surface area contributed by atoms with Gasteiger partial charge in [-0.15, -0.1) is 0 Å². The molecule has 0 saturated carbocycles. The first kappa shape index (κ1) is 18.5. The lowest BCUT2D eigenvalue weighted by Crippen LogP contribution is -2.15. The predicted octanol–water partition coefficient (Wildman–Crippen LogP) is 4.19. The highest BCUT2D eigenvalue weighted by Gasteiger charge is 2.18. The molecule has 0 aliphatic rings. The summed E-state index contributed by atoms with van der Waals surface area (Å²) < 4.78 is 15.3. The Labute approximate surface area is 158 Å². The van der Waals surface area contributed by atoms with Crippen molar-refractivity contribution in [2.75, 3.05) is 5.32 Å². The molecule has 0 spiro atoms. The second-order valence-corrected chi connectivity index (χ2v) is 6.17. The maximum absolute atomic E-state index is 13.9. The Hall–Kier alpha value is -3.26. The summed E-state index contributed by atoms with van der Waals surface area (Å²) in [6, 6.07) is 10.2. The molecule has 0 radical (unpaired) electrons. The van der Waals surface area contributed by atoms with Crippen molar-refractivity contribution in [2.24, 2.45) is 0 Å². The van der Waals surface area contributed by atoms with Crippen LogP contribution in [0.4, 0.5) is 15.9 Å². The maximum Gasteiger partial charge on any atom is 0.273 e. The van der Waals surface area contributed by atoms with Gasteiger partial charge in [0.1, 0.15) is 5.82 Å². The molecule has 138 valence electrons. The third kappa shape index (κ3) is 3.95. The van der Waals surface area contributed by atoms with E-state index in [0.717, 1.165) is 0 Å². The topological polar surface area (TPSA) is 90.1 Å². The lowest BCUT2D eigenvalue weighted by Gasteiger charge is -2.07. The fourth-order valence-corrected chi connectivity index (χ4v) is 2.84. The van der Waals surface area contributed by atoms with Gasteiger partial charge in [0.25, 0.3) is 11.6 Å². The van der Waals surface area contributed by atoms with Crippen LogP contribution in [-0.2, 0) is 6.54 Å². The summed E-state index contributed by atoms with van der Waals surface area (Å²) >= 11 is 6.00. The Morgan fingerprint density at radius 3 is 2.74 bits per heavy atom. The average Bonchev–Trinajstić information content (AvgIpc) is 3.05. The molecule has 1 aromatic heterocycles. The second-order valence-electron chi connectivity index (χ2n) is 5.76. The molecule has 0 saturated heterocycles. The highest BCUT2D eigenvalue weighted by molar-refractivity contribution is 6.31. The van der Waals surface area contributed by atoms with Gasteiger partial charge in [-0.3, -0.25) is 19.6 Å². The van der Waals surface area contributed by atoms with Gasteiger partial charge in [0.2, 0.25) is 0 Å². The minimum absolute atomic E-state index is 0.0945. The van der Waals surface area contributed by atoms with Gasteiger partial charge in [-0.25, -0.2) is 4.39 Å². The minimum atomic E-state index is -0.543. The summed E-state index contributed by atoms with van der Waals surface area (Å²) in [7, 11) is 0. The van der Waals surface area contributed by atoms with Crippen molar-refractivity contribution in [2.45, 2.75) is 13.5 Å². The Bertz CT molecular complexity index is 1010. The quantitative estimate of drug-likeness (QED) is 0.524. The third-order valence-corrected chi connectivity index (χ3v) is 4.36. The lowest BCUT2D eigenvalue weighted by atomic mass is 10.1. The number of halogens is 2. The van der Waals surface area contributed by atoms with Crippen molar-refractivity contribution in [1.82, 2.24) is 9.78 Å². The fraction of sp³-hybridized carbons (Fsp3) is 0.111. The highest BCUT2D eigenvalue weighted by atomic mass is 35.5. The third-order valence-electron chi connectivity index (χ3n) is 4.01. The monoisotopic (exact) mass is 388 g/mol. The van der Waals surface area contributed by atoms with Crippen LogP contribution in [0.2, 0.25) is 5.02 Å². The number of rotatable bonds is 5. The molecule has 3 rings (SSSR count). The van der Waals surface area contributed by atoms with Crippen LogP contribution in [0.25, 0.3) is 0 Å². The van der Waals surface area contributed by atoms with Crippen LogP contribution in [-0.4, -0.2) is 20.6 Å². The van der Waals surface area contributed by atoms with Crippen molar-refractivity contribution in [3.8, 4) is 0 Å². The smallest absolute Gasteiger partial charge is 0.273 e. The van der Waals surface area contributed by atoms with Crippen LogP contribution in [0.3, 0.4) is 0 Å². The SMILES string of the molecule is Cc1c(C(=O)Nc2ccn(Cc3c(F)cccc3Cl)n2)cccc1[N+](=O)[O-]. The van der Waals surface area contributed by atoms with Crippen LogP contribution in [0, 0.1) is 22.9 Å². The highest BCUT2D eigenvalue weighted by Crippen LogP contribution is 2.22. The number of anilines is 1. The molecule has 0 atom stereocenters. The normalized spacial score (nSPS) is 10.6. The van der Waals surface area contributed by atoms with Crippen molar-refractivity contribution >= 4 is 29.0 Å². The van der Waals surface area contributed by atoms with Gasteiger partial charge in [0.05, 0.1) is 11.5 Å². The largest absolute Gasteiger partial charge is 0.305 e. The van der Waals surface area contributed by atoms with Gasteiger partial charge >= 0.3 is 0 Å². The molecule has 0 aliphatic heterocycles. The molecule has 1 amide bonds. The van der Waals surface area contributed by atoms with Crippen LogP contribution in [0.5, 0.6) is 0 Å². The molecule has 9 heteroatoms. The number of amides is 1. The number of nitrogens with zero attached hydrogens (tertiary/aromatic N) is 3. The predicted molar refractivity (Wildman–Crippen MR) is 98.5 cm³/mol. The van der Waals surface area contributed by atoms with Crippen molar-refractivity contribution < 1.29 is 14.1 Å². The van der Waals surface area contributed by atoms with E-state index >= 15 is 0 Å². The molecule has 0 bridgehead atoms. The lowest BCUT2D eigenvalue weighted by molar-refractivity contribution is -0.385. The number of nitrogens with one attached hydrogen (secondary N) is 1. The molecule has 27 heavy (non-hydrogen) atoms. The van der Waals surface area contributed by atoms with Gasteiger partial charge in [-0.1, -0.05) is 23.7 Å². The summed E-state index contributed by atoms with van der Waals surface area (Å²) in [6.07, 6.45) is 1.57. The summed E-state index contributed by atoms with van der Waals surface area (Å²) in [6.45, 7) is 1.60. The number of nitro benzene ring substituents is 1. The Balaban J connectivity index is 1.77. The summed E-state index contributed by atoms with van der Waals surface area (Å²) in [5, 5.41) is 18.0. The number of nitro groups is 1. The molecule has 0 unspecified atom stereocenters. The first-order chi connectivity index (χ1) is 12.9. The van der Waals surface area contributed by atoms with Gasteiger partial charge < -0.3 is 5.32 Å². The van der Waals surface area contributed by atoms with Gasteiger partial charge in [0.15, 0.2) is 5.82 Å². The molecular weight excluding hydrogens is 375 g/mol. The zero-order chi connectivity index (χ0) is 19.6. The van der Waals surface area contributed by atoms with E-state index < -0.39 is 16.6 Å². The zero-order valence-electron chi connectivity index (χ0n) is 14.1. The number of carbonyl (C=O) groups is 1. The van der Waals surface area contributed by atoms with Crippen LogP contribution >= 0.6 is 11.6 Å². The molecule has 1 heterocycles. The van der Waals surface area contributed by atoms with Crippen molar-refractivity contribution in [3.63, 3.8) is 0 Å². The fourth-order valence-electron chi connectivity index (χ4n) is 2.61. The molecule has 0 fully saturated rings. The van der Waals surface area contributed by atoms with E-state index in [1.165, 1.54) is 41.9 Å².